The van der Waals surface area contributed by atoms with Crippen molar-refractivity contribution in [3.05, 3.63) is 30.1 Å². The van der Waals surface area contributed by atoms with Crippen molar-refractivity contribution in [1.82, 2.24) is 9.80 Å². The molecule has 1 aromatic carbocycles. The van der Waals surface area contributed by atoms with Crippen molar-refractivity contribution >= 4 is 23.6 Å². The maximum atomic E-state index is 13.4. The summed E-state index contributed by atoms with van der Waals surface area (Å²) in [5, 5.41) is 0. The van der Waals surface area contributed by atoms with Crippen LogP contribution < -0.4 is 0 Å². The molecule has 20 heavy (non-hydrogen) atoms. The normalized spacial score (nSPS) is 15.3. The van der Waals surface area contributed by atoms with E-state index in [-0.39, 0.29) is 23.4 Å². The summed E-state index contributed by atoms with van der Waals surface area (Å²) in [7, 11) is 0. The van der Waals surface area contributed by atoms with Crippen LogP contribution in [0.2, 0.25) is 0 Å². The van der Waals surface area contributed by atoms with Crippen LogP contribution in [0.4, 0.5) is 4.39 Å². The fourth-order valence-electron chi connectivity index (χ4n) is 2.06. The third kappa shape index (κ3) is 3.72. The van der Waals surface area contributed by atoms with E-state index in [2.05, 4.69) is 0 Å². The molecule has 4 nitrogen and oxygen atoms in total. The van der Waals surface area contributed by atoms with Gasteiger partial charge in [-0.1, -0.05) is 12.1 Å². The lowest BCUT2D eigenvalue weighted by Crippen LogP contribution is -2.50. The Balaban J connectivity index is 1.82. The summed E-state index contributed by atoms with van der Waals surface area (Å²) >= 11 is 1.21. The van der Waals surface area contributed by atoms with Gasteiger partial charge in [-0.25, -0.2) is 4.39 Å². The molecule has 2 rings (SSSR count). The summed E-state index contributed by atoms with van der Waals surface area (Å²) in [6.07, 6.45) is 0. The number of benzene rings is 1. The quantitative estimate of drug-likeness (QED) is 0.796. The minimum Gasteiger partial charge on any atom is -0.339 e. The molecule has 1 saturated heterocycles. The van der Waals surface area contributed by atoms with Crippen molar-refractivity contribution in [2.45, 2.75) is 11.8 Å². The highest BCUT2D eigenvalue weighted by molar-refractivity contribution is 8.00. The monoisotopic (exact) mass is 296 g/mol. The van der Waals surface area contributed by atoms with Crippen LogP contribution in [-0.2, 0) is 9.59 Å². The van der Waals surface area contributed by atoms with Crippen LogP contribution in [0.25, 0.3) is 0 Å². The number of hydrogen-bond acceptors (Lipinski definition) is 3. The van der Waals surface area contributed by atoms with E-state index in [0.29, 0.717) is 31.1 Å². The predicted octanol–water partition coefficient (Wildman–Crippen LogP) is 1.61. The molecule has 1 aromatic rings. The molecule has 1 aliphatic heterocycles. The van der Waals surface area contributed by atoms with Crippen LogP contribution in [0.15, 0.2) is 29.2 Å². The lowest BCUT2D eigenvalue weighted by Gasteiger charge is -2.34. The molecular weight excluding hydrogens is 279 g/mol. The average molecular weight is 296 g/mol. The first-order valence-corrected chi connectivity index (χ1v) is 7.47. The van der Waals surface area contributed by atoms with Crippen molar-refractivity contribution in [3.8, 4) is 0 Å². The summed E-state index contributed by atoms with van der Waals surface area (Å²) < 4.78 is 13.4. The zero-order chi connectivity index (χ0) is 14.5. The van der Waals surface area contributed by atoms with E-state index in [1.165, 1.54) is 24.8 Å². The van der Waals surface area contributed by atoms with Crippen molar-refractivity contribution in [3.63, 3.8) is 0 Å². The topological polar surface area (TPSA) is 40.6 Å². The Hall–Kier alpha value is -1.56. The number of halogens is 1. The minimum atomic E-state index is -0.299. The highest BCUT2D eigenvalue weighted by Gasteiger charge is 2.22. The summed E-state index contributed by atoms with van der Waals surface area (Å²) in [4.78, 5) is 27.2. The molecule has 6 heteroatoms. The van der Waals surface area contributed by atoms with E-state index in [0.717, 1.165) is 0 Å². The molecule has 1 fully saturated rings. The van der Waals surface area contributed by atoms with Crippen LogP contribution in [0.1, 0.15) is 6.92 Å². The van der Waals surface area contributed by atoms with Crippen LogP contribution in [0, 0.1) is 5.82 Å². The Morgan fingerprint density at radius 1 is 1.15 bits per heavy atom. The number of thioether (sulfide) groups is 1. The number of nitrogens with zero attached hydrogens (tertiary/aromatic N) is 2. The zero-order valence-electron chi connectivity index (χ0n) is 11.3. The fraction of sp³-hybridized carbons (Fsp3) is 0.429. The van der Waals surface area contributed by atoms with Gasteiger partial charge in [0.25, 0.3) is 0 Å². The van der Waals surface area contributed by atoms with Crippen molar-refractivity contribution in [1.29, 1.82) is 0 Å². The maximum absolute atomic E-state index is 13.4. The number of hydrogen-bond donors (Lipinski definition) is 0. The Labute approximate surface area is 121 Å². The lowest BCUT2D eigenvalue weighted by molar-refractivity contribution is -0.136. The smallest absolute Gasteiger partial charge is 0.233 e. The highest BCUT2D eigenvalue weighted by Crippen LogP contribution is 2.21. The molecule has 0 unspecified atom stereocenters. The van der Waals surface area contributed by atoms with Gasteiger partial charge >= 0.3 is 0 Å². The van der Waals surface area contributed by atoms with Crippen molar-refractivity contribution in [2.24, 2.45) is 0 Å². The van der Waals surface area contributed by atoms with Gasteiger partial charge in [0.2, 0.25) is 11.8 Å². The van der Waals surface area contributed by atoms with Gasteiger partial charge in [0.1, 0.15) is 5.82 Å². The Morgan fingerprint density at radius 2 is 1.75 bits per heavy atom. The SMILES string of the molecule is CC(=O)N1CCN(C(=O)CSc2ccccc2F)CC1. The van der Waals surface area contributed by atoms with Crippen LogP contribution in [-0.4, -0.2) is 53.5 Å². The van der Waals surface area contributed by atoms with Gasteiger partial charge in [0, 0.05) is 38.0 Å². The summed E-state index contributed by atoms with van der Waals surface area (Å²) in [6, 6.07) is 6.43. The van der Waals surface area contributed by atoms with Gasteiger partial charge in [0.15, 0.2) is 0 Å². The standard InChI is InChI=1S/C14H17FN2O2S/c1-11(18)16-6-8-17(9-7-16)14(19)10-20-13-5-3-2-4-12(13)15/h2-5H,6-10H2,1H3. The van der Waals surface area contributed by atoms with Gasteiger partial charge in [-0.15, -0.1) is 11.8 Å². The maximum Gasteiger partial charge on any atom is 0.233 e. The summed E-state index contributed by atoms with van der Waals surface area (Å²) in [6.45, 7) is 3.79. The van der Waals surface area contributed by atoms with Crippen molar-refractivity contribution < 1.29 is 14.0 Å². The van der Waals surface area contributed by atoms with E-state index in [1.807, 2.05) is 0 Å². The largest absolute Gasteiger partial charge is 0.339 e. The molecule has 0 atom stereocenters. The first kappa shape index (κ1) is 14.8. The molecule has 1 aliphatic rings. The number of carbonyl (C=O) groups is 2. The van der Waals surface area contributed by atoms with Crippen LogP contribution >= 0.6 is 11.8 Å². The third-order valence-electron chi connectivity index (χ3n) is 3.27. The van der Waals surface area contributed by atoms with E-state index in [1.54, 1.807) is 28.0 Å². The van der Waals surface area contributed by atoms with E-state index >= 15 is 0 Å². The average Bonchev–Trinajstić information content (AvgIpc) is 2.46. The molecule has 0 radical (unpaired) electrons. The summed E-state index contributed by atoms with van der Waals surface area (Å²) in [5.74, 6) is -0.0490. The lowest BCUT2D eigenvalue weighted by atomic mass is 10.3. The number of piperazine rings is 1. The second-order valence-corrected chi connectivity index (χ2v) is 5.62. The van der Waals surface area contributed by atoms with Gasteiger partial charge in [-0.3, -0.25) is 9.59 Å². The second-order valence-electron chi connectivity index (χ2n) is 4.61. The Bertz CT molecular complexity index is 502. The predicted molar refractivity (Wildman–Crippen MR) is 76.0 cm³/mol. The third-order valence-corrected chi connectivity index (χ3v) is 4.30. The minimum absolute atomic E-state index is 0.0125. The van der Waals surface area contributed by atoms with Gasteiger partial charge in [-0.2, -0.15) is 0 Å². The Kier molecular flexibility index (Phi) is 5.00. The van der Waals surface area contributed by atoms with E-state index in [4.69, 9.17) is 0 Å². The Morgan fingerprint density at radius 3 is 2.35 bits per heavy atom. The number of amides is 2. The van der Waals surface area contributed by atoms with Gasteiger partial charge in [-0.05, 0) is 12.1 Å². The molecule has 0 bridgehead atoms. The fourth-order valence-corrected chi connectivity index (χ4v) is 2.91. The van der Waals surface area contributed by atoms with E-state index < -0.39 is 0 Å². The number of rotatable bonds is 3. The highest BCUT2D eigenvalue weighted by atomic mass is 32.2. The first-order chi connectivity index (χ1) is 9.58. The molecule has 0 N–H and O–H groups in total. The number of carbonyl (C=O) groups excluding carboxylic acids is 2. The van der Waals surface area contributed by atoms with Gasteiger partial charge in [0.05, 0.1) is 5.75 Å². The second kappa shape index (κ2) is 6.74. The van der Waals surface area contributed by atoms with Crippen LogP contribution in [0.3, 0.4) is 0 Å². The van der Waals surface area contributed by atoms with E-state index in [9.17, 15) is 14.0 Å². The zero-order valence-corrected chi connectivity index (χ0v) is 12.2. The van der Waals surface area contributed by atoms with Crippen molar-refractivity contribution in [2.75, 3.05) is 31.9 Å². The van der Waals surface area contributed by atoms with Crippen LogP contribution in [0.5, 0.6) is 0 Å². The molecule has 0 saturated carbocycles. The first-order valence-electron chi connectivity index (χ1n) is 6.48. The molecule has 108 valence electrons. The molecule has 0 aromatic heterocycles. The molecule has 2 amide bonds. The summed E-state index contributed by atoms with van der Waals surface area (Å²) in [5.41, 5.74) is 0. The van der Waals surface area contributed by atoms with Gasteiger partial charge < -0.3 is 9.80 Å². The molecule has 0 spiro atoms. The molecule has 1 heterocycles. The molecule has 0 aliphatic carbocycles. The molecular formula is C14H17FN2O2S.